The Labute approximate surface area is 64.3 Å². The van der Waals surface area contributed by atoms with Crippen LogP contribution >= 0.6 is 0 Å². The van der Waals surface area contributed by atoms with Crippen LogP contribution in [0.5, 0.6) is 0 Å². The Morgan fingerprint density at radius 2 is 2.45 bits per heavy atom. The first-order valence-electron chi connectivity index (χ1n) is 3.10. The van der Waals surface area contributed by atoms with Gasteiger partial charge in [-0.05, 0) is 19.4 Å². The number of rotatable bonds is 3. The second kappa shape index (κ2) is 5.32. The summed E-state index contributed by atoms with van der Waals surface area (Å²) in [7, 11) is 0. The third kappa shape index (κ3) is 4.00. The maximum atomic E-state index is 10.8. The van der Waals surface area contributed by atoms with Crippen LogP contribution in [0.25, 0.3) is 10.4 Å². The lowest BCUT2D eigenvalue weighted by atomic mass is 10.3. The van der Waals surface area contributed by atoms with Crippen LogP contribution in [0.3, 0.4) is 0 Å². The number of esters is 1. The molecular weight excluding hydrogens is 146 g/mol. The molecule has 60 valence electrons. The third-order valence-corrected chi connectivity index (χ3v) is 0.900. The monoisotopic (exact) mass is 155 g/mol. The SMILES string of the molecule is CCOC(=O)/C(C)=C/N=[N+]=[N-]. The smallest absolute Gasteiger partial charge is 0.333 e. The normalized spacial score (nSPS) is 10.2. The quantitative estimate of drug-likeness (QED) is 0.205. The molecule has 0 aromatic heterocycles. The zero-order valence-corrected chi connectivity index (χ0v) is 6.44. The van der Waals surface area contributed by atoms with E-state index in [0.29, 0.717) is 12.2 Å². The van der Waals surface area contributed by atoms with Gasteiger partial charge in [-0.15, -0.1) is 0 Å². The molecular formula is C6H9N3O2. The van der Waals surface area contributed by atoms with Gasteiger partial charge in [-0.1, -0.05) is 5.11 Å². The second-order valence-corrected chi connectivity index (χ2v) is 1.74. The van der Waals surface area contributed by atoms with Gasteiger partial charge in [-0.25, -0.2) is 4.79 Å². The minimum absolute atomic E-state index is 0.296. The highest BCUT2D eigenvalue weighted by atomic mass is 16.5. The molecule has 0 N–H and O–H groups in total. The summed E-state index contributed by atoms with van der Waals surface area (Å²) in [6.45, 7) is 3.55. The van der Waals surface area contributed by atoms with Gasteiger partial charge in [0.2, 0.25) is 0 Å². The maximum absolute atomic E-state index is 10.8. The molecule has 0 fully saturated rings. The standard InChI is InChI=1S/C6H9N3O2/c1-3-11-6(10)5(2)4-8-9-7/h4H,3H2,1-2H3/b5-4+. The summed E-state index contributed by atoms with van der Waals surface area (Å²) < 4.78 is 4.61. The van der Waals surface area contributed by atoms with Crippen molar-refractivity contribution < 1.29 is 9.53 Å². The number of hydrogen-bond acceptors (Lipinski definition) is 3. The summed E-state index contributed by atoms with van der Waals surface area (Å²) >= 11 is 0. The summed E-state index contributed by atoms with van der Waals surface area (Å²) in [5.74, 6) is -0.458. The number of carbonyl (C=O) groups excluding carboxylic acids is 1. The number of hydrogen-bond donors (Lipinski definition) is 0. The Morgan fingerprint density at radius 3 is 2.91 bits per heavy atom. The number of carbonyl (C=O) groups is 1. The van der Waals surface area contributed by atoms with E-state index in [4.69, 9.17) is 5.53 Å². The van der Waals surface area contributed by atoms with E-state index in [1.807, 2.05) is 0 Å². The topological polar surface area (TPSA) is 75.1 Å². The highest BCUT2D eigenvalue weighted by Gasteiger charge is 2.01. The van der Waals surface area contributed by atoms with Gasteiger partial charge in [0.1, 0.15) is 0 Å². The molecule has 0 aliphatic heterocycles. The Bertz CT molecular complexity index is 216. The number of azide groups is 1. The molecule has 0 aliphatic rings. The zero-order chi connectivity index (χ0) is 8.69. The second-order valence-electron chi connectivity index (χ2n) is 1.74. The molecule has 0 aromatic carbocycles. The molecule has 0 aliphatic carbocycles. The van der Waals surface area contributed by atoms with Crippen molar-refractivity contribution >= 4 is 5.97 Å². The predicted molar refractivity (Wildman–Crippen MR) is 39.5 cm³/mol. The lowest BCUT2D eigenvalue weighted by Crippen LogP contribution is -2.04. The molecule has 0 amide bonds. The van der Waals surface area contributed by atoms with Crippen LogP contribution in [-0.4, -0.2) is 12.6 Å². The summed E-state index contributed by atoms with van der Waals surface area (Å²) in [6.07, 6.45) is 1.12. The molecule has 0 unspecified atom stereocenters. The molecule has 5 heteroatoms. The fourth-order valence-electron chi connectivity index (χ4n) is 0.410. The van der Waals surface area contributed by atoms with E-state index in [0.717, 1.165) is 6.20 Å². The van der Waals surface area contributed by atoms with Crippen LogP contribution in [0.15, 0.2) is 16.9 Å². The highest BCUT2D eigenvalue weighted by molar-refractivity contribution is 5.87. The molecule has 5 nitrogen and oxygen atoms in total. The Balaban J connectivity index is 4.11. The lowest BCUT2D eigenvalue weighted by molar-refractivity contribution is -0.138. The zero-order valence-electron chi connectivity index (χ0n) is 6.44. The van der Waals surface area contributed by atoms with Gasteiger partial charge < -0.3 is 4.74 Å². The largest absolute Gasteiger partial charge is 0.463 e. The van der Waals surface area contributed by atoms with Crippen LogP contribution in [0.2, 0.25) is 0 Å². The van der Waals surface area contributed by atoms with Crippen LogP contribution < -0.4 is 0 Å². The lowest BCUT2D eigenvalue weighted by Gasteiger charge is -1.98. The highest BCUT2D eigenvalue weighted by Crippen LogP contribution is 1.96. The minimum atomic E-state index is -0.458. The first kappa shape index (κ1) is 9.52. The fourth-order valence-corrected chi connectivity index (χ4v) is 0.410. The molecule has 0 saturated carbocycles. The predicted octanol–water partition coefficient (Wildman–Crippen LogP) is 1.76. The van der Waals surface area contributed by atoms with Crippen molar-refractivity contribution in [2.75, 3.05) is 6.61 Å². The van der Waals surface area contributed by atoms with E-state index in [9.17, 15) is 4.79 Å². The average molecular weight is 155 g/mol. The summed E-state index contributed by atoms with van der Waals surface area (Å²) in [5.41, 5.74) is 8.18. The van der Waals surface area contributed by atoms with Crippen LogP contribution in [0.4, 0.5) is 0 Å². The fraction of sp³-hybridized carbons (Fsp3) is 0.500. The van der Waals surface area contributed by atoms with E-state index in [1.54, 1.807) is 6.92 Å². The third-order valence-electron chi connectivity index (χ3n) is 0.900. The van der Waals surface area contributed by atoms with Crippen molar-refractivity contribution in [2.24, 2.45) is 5.11 Å². The van der Waals surface area contributed by atoms with Gasteiger partial charge in [0.25, 0.3) is 0 Å². The van der Waals surface area contributed by atoms with Gasteiger partial charge in [-0.2, -0.15) is 0 Å². The van der Waals surface area contributed by atoms with Gasteiger partial charge in [-0.3, -0.25) is 0 Å². The first-order chi connectivity index (χ1) is 5.22. The molecule has 0 saturated heterocycles. The number of nitrogens with zero attached hydrogens (tertiary/aromatic N) is 3. The summed E-state index contributed by atoms with van der Waals surface area (Å²) in [6, 6.07) is 0. The van der Waals surface area contributed by atoms with E-state index in [-0.39, 0.29) is 0 Å². The maximum Gasteiger partial charge on any atom is 0.333 e. The van der Waals surface area contributed by atoms with Crippen molar-refractivity contribution in [3.63, 3.8) is 0 Å². The Kier molecular flexibility index (Phi) is 4.60. The van der Waals surface area contributed by atoms with Crippen molar-refractivity contribution in [3.05, 3.63) is 22.2 Å². The summed E-state index contributed by atoms with van der Waals surface area (Å²) in [4.78, 5) is 13.2. The van der Waals surface area contributed by atoms with Crippen LogP contribution in [0, 0.1) is 0 Å². The van der Waals surface area contributed by atoms with Gasteiger partial charge in [0, 0.05) is 16.7 Å². The first-order valence-corrected chi connectivity index (χ1v) is 3.10. The molecule has 0 rings (SSSR count). The van der Waals surface area contributed by atoms with Gasteiger partial charge >= 0.3 is 5.97 Å². The van der Waals surface area contributed by atoms with Crippen LogP contribution in [0.1, 0.15) is 13.8 Å². The van der Waals surface area contributed by atoms with Crippen molar-refractivity contribution in [1.82, 2.24) is 0 Å². The van der Waals surface area contributed by atoms with Gasteiger partial charge in [0.05, 0.1) is 6.61 Å². The average Bonchev–Trinajstić information content (AvgIpc) is 2.00. The molecule has 0 radical (unpaired) electrons. The Hall–Kier alpha value is -1.48. The van der Waals surface area contributed by atoms with E-state index < -0.39 is 5.97 Å². The van der Waals surface area contributed by atoms with E-state index in [2.05, 4.69) is 14.8 Å². The number of ether oxygens (including phenoxy) is 1. The minimum Gasteiger partial charge on any atom is -0.463 e. The summed E-state index contributed by atoms with van der Waals surface area (Å²) in [5, 5.41) is 3.09. The molecule has 11 heavy (non-hydrogen) atoms. The van der Waals surface area contributed by atoms with E-state index in [1.165, 1.54) is 6.92 Å². The van der Waals surface area contributed by atoms with Crippen molar-refractivity contribution in [1.29, 1.82) is 0 Å². The molecule has 0 atom stereocenters. The van der Waals surface area contributed by atoms with Crippen molar-refractivity contribution in [3.8, 4) is 0 Å². The molecule has 0 heterocycles. The molecule has 0 spiro atoms. The van der Waals surface area contributed by atoms with Crippen molar-refractivity contribution in [2.45, 2.75) is 13.8 Å². The Morgan fingerprint density at radius 1 is 1.82 bits per heavy atom. The van der Waals surface area contributed by atoms with E-state index >= 15 is 0 Å². The van der Waals surface area contributed by atoms with Gasteiger partial charge in [0.15, 0.2) is 0 Å². The van der Waals surface area contributed by atoms with Crippen LogP contribution in [-0.2, 0) is 9.53 Å². The molecule has 0 bridgehead atoms. The molecule has 0 aromatic rings.